The summed E-state index contributed by atoms with van der Waals surface area (Å²) in [5.74, 6) is 1.22. The van der Waals surface area contributed by atoms with Crippen LogP contribution in [-0.4, -0.2) is 22.5 Å². The van der Waals surface area contributed by atoms with E-state index in [9.17, 15) is 9.90 Å². The van der Waals surface area contributed by atoms with E-state index in [0.29, 0.717) is 31.0 Å². The number of aromatic hydroxyl groups is 1. The summed E-state index contributed by atoms with van der Waals surface area (Å²) in [6.45, 7) is 0.956. The topological polar surface area (TPSA) is 62.9 Å². The van der Waals surface area contributed by atoms with Gasteiger partial charge < -0.3 is 19.2 Å². The Balaban J connectivity index is 1.62. The van der Waals surface area contributed by atoms with Gasteiger partial charge in [-0.15, -0.1) is 0 Å². The first-order chi connectivity index (χ1) is 12.7. The van der Waals surface area contributed by atoms with Crippen LogP contribution in [0.25, 0.3) is 0 Å². The maximum absolute atomic E-state index is 13.3. The predicted molar refractivity (Wildman–Crippen MR) is 95.7 cm³/mol. The zero-order valence-corrected chi connectivity index (χ0v) is 14.2. The fourth-order valence-corrected chi connectivity index (χ4v) is 3.24. The molecule has 5 heteroatoms. The number of carbonyl (C=O) groups excluding carboxylic acids is 1. The van der Waals surface area contributed by atoms with Crippen LogP contribution >= 0.6 is 0 Å². The standard InChI is InChI=1S/C21H19NO4/c23-19-9-3-1-6-15(19)12-22(13-16-7-5-11-25-16)21(24)18-14-26-20-10-4-2-8-17(18)20/h1-11,18,23H,12-14H2/t18-/m0/s1. The van der Waals surface area contributed by atoms with Crippen molar-refractivity contribution in [3.05, 3.63) is 83.8 Å². The lowest BCUT2D eigenvalue weighted by Crippen LogP contribution is -2.35. The molecule has 1 amide bonds. The number of rotatable bonds is 5. The van der Waals surface area contributed by atoms with Gasteiger partial charge in [0.05, 0.1) is 12.8 Å². The summed E-state index contributed by atoms with van der Waals surface area (Å²) >= 11 is 0. The minimum Gasteiger partial charge on any atom is -0.508 e. The molecule has 0 saturated carbocycles. The van der Waals surface area contributed by atoms with E-state index in [0.717, 1.165) is 11.3 Å². The van der Waals surface area contributed by atoms with Crippen LogP contribution in [0.15, 0.2) is 71.3 Å². The Morgan fingerprint density at radius 2 is 1.85 bits per heavy atom. The van der Waals surface area contributed by atoms with E-state index < -0.39 is 0 Å². The molecule has 0 unspecified atom stereocenters. The Labute approximate surface area is 151 Å². The fourth-order valence-electron chi connectivity index (χ4n) is 3.24. The highest BCUT2D eigenvalue weighted by atomic mass is 16.5. The Kier molecular flexibility index (Phi) is 4.35. The third kappa shape index (κ3) is 3.16. The summed E-state index contributed by atoms with van der Waals surface area (Å²) in [6, 6.07) is 18.3. The van der Waals surface area contributed by atoms with Gasteiger partial charge >= 0.3 is 0 Å². The van der Waals surface area contributed by atoms with Crippen molar-refractivity contribution >= 4 is 5.91 Å². The summed E-state index contributed by atoms with van der Waals surface area (Å²) in [4.78, 5) is 15.0. The van der Waals surface area contributed by atoms with Crippen molar-refractivity contribution in [1.29, 1.82) is 0 Å². The third-order valence-corrected chi connectivity index (χ3v) is 4.59. The van der Waals surface area contributed by atoms with E-state index in [1.807, 2.05) is 42.5 Å². The van der Waals surface area contributed by atoms with E-state index >= 15 is 0 Å². The van der Waals surface area contributed by atoms with Crippen molar-refractivity contribution in [1.82, 2.24) is 4.90 Å². The minimum absolute atomic E-state index is 0.0467. The quantitative estimate of drug-likeness (QED) is 0.763. The van der Waals surface area contributed by atoms with Crippen molar-refractivity contribution in [2.75, 3.05) is 6.61 Å². The molecule has 132 valence electrons. The minimum atomic E-state index is -0.355. The Bertz CT molecular complexity index is 904. The molecular weight excluding hydrogens is 330 g/mol. The third-order valence-electron chi connectivity index (χ3n) is 4.59. The number of amides is 1. The number of hydrogen-bond donors (Lipinski definition) is 1. The van der Waals surface area contributed by atoms with Gasteiger partial charge in [0.15, 0.2) is 0 Å². The fraction of sp³-hybridized carbons (Fsp3) is 0.190. The van der Waals surface area contributed by atoms with Crippen molar-refractivity contribution in [3.8, 4) is 11.5 Å². The molecule has 1 aliphatic rings. The summed E-state index contributed by atoms with van der Waals surface area (Å²) in [6.07, 6.45) is 1.59. The molecule has 1 aliphatic heterocycles. The number of para-hydroxylation sites is 2. The number of nitrogens with zero attached hydrogens (tertiary/aromatic N) is 1. The second kappa shape index (κ2) is 6.96. The number of phenols is 1. The van der Waals surface area contributed by atoms with Gasteiger partial charge in [-0.2, -0.15) is 0 Å². The molecule has 0 aliphatic carbocycles. The lowest BCUT2D eigenvalue weighted by Gasteiger charge is -2.25. The van der Waals surface area contributed by atoms with E-state index in [1.165, 1.54) is 0 Å². The second-order valence-corrected chi connectivity index (χ2v) is 6.30. The molecule has 0 bridgehead atoms. The molecule has 1 N–H and O–H groups in total. The van der Waals surface area contributed by atoms with Crippen molar-refractivity contribution < 1.29 is 19.1 Å². The van der Waals surface area contributed by atoms with Gasteiger partial charge in [0.25, 0.3) is 0 Å². The highest BCUT2D eigenvalue weighted by molar-refractivity contribution is 5.85. The maximum atomic E-state index is 13.3. The molecule has 3 aromatic rings. The molecule has 1 aromatic heterocycles. The summed E-state index contributed by atoms with van der Waals surface area (Å²) in [7, 11) is 0. The summed E-state index contributed by atoms with van der Waals surface area (Å²) < 4.78 is 11.1. The van der Waals surface area contributed by atoms with E-state index in [-0.39, 0.29) is 17.6 Å². The van der Waals surface area contributed by atoms with Crippen LogP contribution in [0.5, 0.6) is 11.5 Å². The Hall–Kier alpha value is -3.21. The van der Waals surface area contributed by atoms with Crippen LogP contribution in [0.4, 0.5) is 0 Å². The van der Waals surface area contributed by atoms with Gasteiger partial charge in [0, 0.05) is 17.7 Å². The molecule has 0 saturated heterocycles. The van der Waals surface area contributed by atoms with Gasteiger partial charge in [-0.1, -0.05) is 36.4 Å². The van der Waals surface area contributed by atoms with Crippen LogP contribution in [0, 0.1) is 0 Å². The molecular formula is C21H19NO4. The summed E-state index contributed by atoms with van der Waals surface area (Å²) in [5.41, 5.74) is 1.60. The van der Waals surface area contributed by atoms with E-state index in [1.54, 1.807) is 29.4 Å². The highest BCUT2D eigenvalue weighted by Crippen LogP contribution is 2.35. The average molecular weight is 349 g/mol. The van der Waals surface area contributed by atoms with Gasteiger partial charge in [0.1, 0.15) is 29.8 Å². The second-order valence-electron chi connectivity index (χ2n) is 6.30. The van der Waals surface area contributed by atoms with Crippen LogP contribution in [0.1, 0.15) is 22.8 Å². The van der Waals surface area contributed by atoms with Crippen LogP contribution in [0.2, 0.25) is 0 Å². The van der Waals surface area contributed by atoms with Gasteiger partial charge in [-0.3, -0.25) is 4.79 Å². The lowest BCUT2D eigenvalue weighted by atomic mass is 9.99. The number of hydrogen-bond acceptors (Lipinski definition) is 4. The Morgan fingerprint density at radius 1 is 1.04 bits per heavy atom. The predicted octanol–water partition coefficient (Wildman–Crippen LogP) is 3.69. The molecule has 2 aromatic carbocycles. The smallest absolute Gasteiger partial charge is 0.234 e. The number of ether oxygens (including phenoxy) is 1. The molecule has 0 radical (unpaired) electrons. The van der Waals surface area contributed by atoms with Crippen molar-refractivity contribution in [3.63, 3.8) is 0 Å². The molecule has 0 spiro atoms. The first-order valence-electron chi connectivity index (χ1n) is 8.52. The molecule has 4 rings (SSSR count). The number of phenolic OH excluding ortho intramolecular Hbond substituents is 1. The molecule has 0 fully saturated rings. The van der Waals surface area contributed by atoms with Gasteiger partial charge in [-0.05, 0) is 24.3 Å². The maximum Gasteiger partial charge on any atom is 0.234 e. The van der Waals surface area contributed by atoms with Crippen molar-refractivity contribution in [2.24, 2.45) is 0 Å². The SMILES string of the molecule is O=C([C@H]1COc2ccccc21)N(Cc1ccco1)Cc1ccccc1O. The van der Waals surface area contributed by atoms with Crippen LogP contribution in [0.3, 0.4) is 0 Å². The Morgan fingerprint density at radius 3 is 2.65 bits per heavy atom. The first-order valence-corrected chi connectivity index (χ1v) is 8.52. The number of furan rings is 1. The number of fused-ring (bicyclic) bond motifs is 1. The van der Waals surface area contributed by atoms with E-state index in [2.05, 4.69) is 0 Å². The van der Waals surface area contributed by atoms with Gasteiger partial charge in [0.2, 0.25) is 5.91 Å². The molecule has 1 atom stereocenters. The largest absolute Gasteiger partial charge is 0.508 e. The number of carbonyl (C=O) groups is 1. The van der Waals surface area contributed by atoms with Crippen molar-refractivity contribution in [2.45, 2.75) is 19.0 Å². The lowest BCUT2D eigenvalue weighted by molar-refractivity contribution is -0.134. The molecule has 5 nitrogen and oxygen atoms in total. The summed E-state index contributed by atoms with van der Waals surface area (Å²) in [5, 5.41) is 10.1. The van der Waals surface area contributed by atoms with E-state index in [4.69, 9.17) is 9.15 Å². The van der Waals surface area contributed by atoms with Crippen LogP contribution < -0.4 is 4.74 Å². The first kappa shape index (κ1) is 16.3. The number of benzene rings is 2. The molecule has 2 heterocycles. The zero-order valence-electron chi connectivity index (χ0n) is 14.2. The van der Waals surface area contributed by atoms with Crippen LogP contribution in [-0.2, 0) is 17.9 Å². The molecule has 26 heavy (non-hydrogen) atoms. The monoisotopic (exact) mass is 349 g/mol. The average Bonchev–Trinajstić information content (AvgIpc) is 3.32. The van der Waals surface area contributed by atoms with Gasteiger partial charge in [-0.25, -0.2) is 0 Å². The zero-order chi connectivity index (χ0) is 17.9. The normalized spacial score (nSPS) is 15.3. The highest BCUT2D eigenvalue weighted by Gasteiger charge is 2.33.